The Morgan fingerprint density at radius 1 is 1.50 bits per heavy atom. The van der Waals surface area contributed by atoms with Crippen molar-refractivity contribution in [2.75, 3.05) is 13.2 Å². The van der Waals surface area contributed by atoms with Crippen LogP contribution in [-0.4, -0.2) is 19.2 Å². The zero-order valence-electron chi connectivity index (χ0n) is 9.74. The topological polar surface area (TPSA) is 34.4 Å². The van der Waals surface area contributed by atoms with E-state index in [0.717, 1.165) is 43.9 Å². The van der Waals surface area contributed by atoms with Crippen LogP contribution in [0, 0.1) is 0 Å². The van der Waals surface area contributed by atoms with Crippen molar-refractivity contribution in [3.63, 3.8) is 0 Å². The molecule has 0 bridgehead atoms. The summed E-state index contributed by atoms with van der Waals surface area (Å²) in [6.07, 6.45) is 6.93. The maximum absolute atomic E-state index is 5.61. The second kappa shape index (κ2) is 5.75. The van der Waals surface area contributed by atoms with E-state index in [0.29, 0.717) is 6.04 Å². The van der Waals surface area contributed by atoms with Crippen LogP contribution in [0.4, 0.5) is 0 Å². The molecule has 2 heterocycles. The largest absolute Gasteiger partial charge is 0.496 e. The fraction of sp³-hybridized carbons (Fsp3) is 0.538. The van der Waals surface area contributed by atoms with E-state index in [1.54, 1.807) is 6.26 Å². The second-order valence-corrected chi connectivity index (χ2v) is 3.97. The lowest BCUT2D eigenvalue weighted by molar-refractivity contribution is 0.211. The molecule has 0 saturated heterocycles. The van der Waals surface area contributed by atoms with Gasteiger partial charge in [-0.15, -0.1) is 0 Å². The Morgan fingerprint density at radius 3 is 3.06 bits per heavy atom. The first-order chi connectivity index (χ1) is 7.90. The van der Waals surface area contributed by atoms with Crippen LogP contribution in [0.25, 0.3) is 0 Å². The number of aryl methyl sites for hydroxylation is 1. The molecule has 1 aliphatic rings. The standard InChI is InChI=1S/C13H19NO2/c1-2-14-12(13-6-4-10-16-13)8-7-11-5-3-9-15-11/h3,5-6,9,12,14H,2,4,7-8,10H2,1H3. The predicted molar refractivity (Wildman–Crippen MR) is 63.1 cm³/mol. The number of likely N-dealkylation sites (N-methyl/N-ethyl adjacent to an activating group) is 1. The minimum atomic E-state index is 0.331. The van der Waals surface area contributed by atoms with Gasteiger partial charge in [-0.3, -0.25) is 0 Å². The first-order valence-electron chi connectivity index (χ1n) is 5.98. The van der Waals surface area contributed by atoms with E-state index < -0.39 is 0 Å². The lowest BCUT2D eigenvalue weighted by Crippen LogP contribution is -2.31. The highest BCUT2D eigenvalue weighted by atomic mass is 16.5. The minimum absolute atomic E-state index is 0.331. The zero-order chi connectivity index (χ0) is 11.2. The third kappa shape index (κ3) is 2.89. The van der Waals surface area contributed by atoms with Gasteiger partial charge < -0.3 is 14.5 Å². The SMILES string of the molecule is CCNC(CCc1ccco1)C1=CCCO1. The molecule has 1 aromatic heterocycles. The van der Waals surface area contributed by atoms with Crippen molar-refractivity contribution in [3.05, 3.63) is 36.0 Å². The third-order valence-corrected chi connectivity index (χ3v) is 2.79. The van der Waals surface area contributed by atoms with Gasteiger partial charge in [0.05, 0.1) is 18.9 Å². The van der Waals surface area contributed by atoms with Gasteiger partial charge in [0.25, 0.3) is 0 Å². The summed E-state index contributed by atoms with van der Waals surface area (Å²) in [6, 6.07) is 4.29. The van der Waals surface area contributed by atoms with E-state index >= 15 is 0 Å². The highest BCUT2D eigenvalue weighted by molar-refractivity contribution is 5.08. The van der Waals surface area contributed by atoms with Crippen molar-refractivity contribution in [1.82, 2.24) is 5.32 Å². The Hall–Kier alpha value is -1.22. The maximum atomic E-state index is 5.61. The molecular weight excluding hydrogens is 202 g/mol. The lowest BCUT2D eigenvalue weighted by atomic mass is 10.1. The van der Waals surface area contributed by atoms with Crippen LogP contribution in [0.1, 0.15) is 25.5 Å². The number of ether oxygens (including phenoxy) is 1. The monoisotopic (exact) mass is 221 g/mol. The summed E-state index contributed by atoms with van der Waals surface area (Å²) in [4.78, 5) is 0. The molecule has 0 radical (unpaired) electrons. The van der Waals surface area contributed by atoms with Crippen molar-refractivity contribution in [2.45, 2.75) is 32.2 Å². The molecule has 1 aromatic rings. The Labute approximate surface area is 96.5 Å². The molecule has 0 saturated carbocycles. The molecule has 88 valence electrons. The molecule has 2 rings (SSSR count). The summed E-state index contributed by atoms with van der Waals surface area (Å²) in [5.41, 5.74) is 0. The molecule has 1 N–H and O–H groups in total. The van der Waals surface area contributed by atoms with Crippen molar-refractivity contribution in [1.29, 1.82) is 0 Å². The van der Waals surface area contributed by atoms with E-state index in [2.05, 4.69) is 18.3 Å². The summed E-state index contributed by atoms with van der Waals surface area (Å²) >= 11 is 0. The van der Waals surface area contributed by atoms with Gasteiger partial charge in [0.1, 0.15) is 11.5 Å². The van der Waals surface area contributed by atoms with Gasteiger partial charge in [-0.1, -0.05) is 6.92 Å². The molecule has 3 nitrogen and oxygen atoms in total. The molecule has 0 spiro atoms. The van der Waals surface area contributed by atoms with Gasteiger partial charge in [-0.2, -0.15) is 0 Å². The quantitative estimate of drug-likeness (QED) is 0.801. The molecule has 1 atom stereocenters. The predicted octanol–water partition coefficient (Wildman–Crippen LogP) is 2.49. The van der Waals surface area contributed by atoms with Crippen molar-refractivity contribution in [3.8, 4) is 0 Å². The van der Waals surface area contributed by atoms with Gasteiger partial charge >= 0.3 is 0 Å². The molecule has 3 heteroatoms. The van der Waals surface area contributed by atoms with E-state index in [1.807, 2.05) is 12.1 Å². The average Bonchev–Trinajstić information content (AvgIpc) is 2.96. The number of hydrogen-bond donors (Lipinski definition) is 1. The summed E-state index contributed by atoms with van der Waals surface area (Å²) in [5.74, 6) is 2.15. The number of nitrogens with one attached hydrogen (secondary N) is 1. The fourth-order valence-corrected chi connectivity index (χ4v) is 2.01. The number of furan rings is 1. The van der Waals surface area contributed by atoms with E-state index in [4.69, 9.17) is 9.15 Å². The molecule has 0 fully saturated rings. The highest BCUT2D eigenvalue weighted by Crippen LogP contribution is 2.17. The van der Waals surface area contributed by atoms with Crippen molar-refractivity contribution >= 4 is 0 Å². The summed E-state index contributed by atoms with van der Waals surface area (Å²) in [6.45, 7) is 3.91. The van der Waals surface area contributed by atoms with Gasteiger partial charge in [-0.05, 0) is 31.2 Å². The Balaban J connectivity index is 1.87. The van der Waals surface area contributed by atoms with Crippen LogP contribution in [0.15, 0.2) is 34.6 Å². The summed E-state index contributed by atoms with van der Waals surface area (Å²) in [7, 11) is 0. The maximum Gasteiger partial charge on any atom is 0.109 e. The van der Waals surface area contributed by atoms with Crippen LogP contribution in [0.5, 0.6) is 0 Å². The minimum Gasteiger partial charge on any atom is -0.496 e. The van der Waals surface area contributed by atoms with Crippen molar-refractivity contribution in [2.24, 2.45) is 0 Å². The normalized spacial score (nSPS) is 16.9. The molecule has 1 unspecified atom stereocenters. The molecule has 16 heavy (non-hydrogen) atoms. The second-order valence-electron chi connectivity index (χ2n) is 3.97. The fourth-order valence-electron chi connectivity index (χ4n) is 2.01. The van der Waals surface area contributed by atoms with Gasteiger partial charge in [0.2, 0.25) is 0 Å². The zero-order valence-corrected chi connectivity index (χ0v) is 9.74. The molecule has 1 aliphatic heterocycles. The van der Waals surface area contributed by atoms with E-state index in [9.17, 15) is 0 Å². The highest BCUT2D eigenvalue weighted by Gasteiger charge is 2.17. The van der Waals surface area contributed by atoms with Gasteiger partial charge in [-0.25, -0.2) is 0 Å². The molecule has 0 amide bonds. The van der Waals surface area contributed by atoms with Crippen LogP contribution >= 0.6 is 0 Å². The first kappa shape index (κ1) is 11.3. The molecule has 0 aliphatic carbocycles. The number of rotatable bonds is 6. The third-order valence-electron chi connectivity index (χ3n) is 2.79. The lowest BCUT2D eigenvalue weighted by Gasteiger charge is -2.18. The van der Waals surface area contributed by atoms with Crippen LogP contribution in [-0.2, 0) is 11.2 Å². The van der Waals surface area contributed by atoms with Crippen LogP contribution in [0.3, 0.4) is 0 Å². The first-order valence-corrected chi connectivity index (χ1v) is 5.98. The number of hydrogen-bond acceptors (Lipinski definition) is 3. The molecule has 0 aromatic carbocycles. The summed E-state index contributed by atoms with van der Waals surface area (Å²) < 4.78 is 10.9. The summed E-state index contributed by atoms with van der Waals surface area (Å²) in [5, 5.41) is 3.45. The average molecular weight is 221 g/mol. The van der Waals surface area contributed by atoms with Crippen molar-refractivity contribution < 1.29 is 9.15 Å². The van der Waals surface area contributed by atoms with Crippen LogP contribution < -0.4 is 5.32 Å². The van der Waals surface area contributed by atoms with Gasteiger partial charge in [0, 0.05) is 12.8 Å². The van der Waals surface area contributed by atoms with E-state index in [-0.39, 0.29) is 0 Å². The molecular formula is C13H19NO2. The van der Waals surface area contributed by atoms with Crippen LogP contribution in [0.2, 0.25) is 0 Å². The van der Waals surface area contributed by atoms with E-state index in [1.165, 1.54) is 0 Å². The Morgan fingerprint density at radius 2 is 2.44 bits per heavy atom. The van der Waals surface area contributed by atoms with Gasteiger partial charge in [0.15, 0.2) is 0 Å². The Bertz CT molecular complexity index is 330. The Kier molecular flexibility index (Phi) is 4.05. The smallest absolute Gasteiger partial charge is 0.109 e.